The normalized spacial score (nSPS) is 14.8. The molecule has 1 aromatic carbocycles. The van der Waals surface area contributed by atoms with Crippen LogP contribution >= 0.6 is 0 Å². The van der Waals surface area contributed by atoms with Crippen LogP contribution in [0, 0.1) is 5.92 Å². The zero-order chi connectivity index (χ0) is 42.2. The zero-order valence-corrected chi connectivity index (χ0v) is 35.2. The number of ether oxygens (including phenoxy) is 2. The monoisotopic (exact) mass is 795 g/mol. The standard InChI is InChI=1S/C25H33N3O5S.C13H16N2O4.C3H8/c1-7-34(31,32)20-10-8-17(9-11-20)13-27-23(29)18-12-19-15-28(24(30)33-25(4,5)6)22(16(2)3)21(19)26-14-18;1-13(2,3)19-12(18)15-6-9-4-8(11(16)17)5-14-10(9)7-15;1-3-2/h8-12,14,16,22H,7,13,15H2,1-6H3,(H,27,29);4-5H,6-7H2,1-3H3,(H,16,17);3H2,1-2H3. The smallest absolute Gasteiger partial charge is 0.411 e. The fraction of sp³-hybridized carbons (Fsp3) is 0.512. The number of hydrogen-bond donors (Lipinski definition) is 2. The van der Waals surface area contributed by atoms with E-state index in [9.17, 15) is 27.6 Å². The van der Waals surface area contributed by atoms with Crippen molar-refractivity contribution < 1.29 is 42.2 Å². The lowest BCUT2D eigenvalue weighted by molar-refractivity contribution is 0.0123. The van der Waals surface area contributed by atoms with Gasteiger partial charge in [0, 0.05) is 18.9 Å². The third kappa shape index (κ3) is 12.5. The van der Waals surface area contributed by atoms with Crippen LogP contribution in [0.5, 0.6) is 0 Å². The highest BCUT2D eigenvalue weighted by Crippen LogP contribution is 2.38. The second kappa shape index (κ2) is 18.7. The van der Waals surface area contributed by atoms with Crippen molar-refractivity contribution in [3.8, 4) is 0 Å². The number of carboxylic acids is 1. The van der Waals surface area contributed by atoms with Gasteiger partial charge < -0.3 is 19.9 Å². The minimum Gasteiger partial charge on any atom is -0.478 e. The molecule has 0 saturated heterocycles. The Bertz CT molecular complexity index is 1990. The van der Waals surface area contributed by atoms with Gasteiger partial charge >= 0.3 is 18.2 Å². The summed E-state index contributed by atoms with van der Waals surface area (Å²) in [5, 5.41) is 11.7. The van der Waals surface area contributed by atoms with Crippen molar-refractivity contribution in [2.45, 2.75) is 131 Å². The number of aromatic nitrogens is 2. The lowest BCUT2D eigenvalue weighted by Crippen LogP contribution is -2.37. The molecule has 3 aromatic rings. The molecule has 2 aromatic heterocycles. The number of rotatable bonds is 7. The molecule has 14 nitrogen and oxygen atoms in total. The van der Waals surface area contributed by atoms with E-state index in [1.165, 1.54) is 23.7 Å². The summed E-state index contributed by atoms with van der Waals surface area (Å²) in [5.74, 6) is -1.15. The first-order chi connectivity index (χ1) is 26.0. The third-order valence-corrected chi connectivity index (χ3v) is 10.0. The molecule has 0 fully saturated rings. The molecule has 2 aliphatic rings. The summed E-state index contributed by atoms with van der Waals surface area (Å²) in [4.78, 5) is 60.4. The molecule has 5 rings (SSSR count). The molecule has 56 heavy (non-hydrogen) atoms. The fourth-order valence-electron chi connectivity index (χ4n) is 5.74. The number of hydrogen-bond acceptors (Lipinski definition) is 10. The summed E-state index contributed by atoms with van der Waals surface area (Å²) >= 11 is 0. The first kappa shape index (κ1) is 45.3. The predicted molar refractivity (Wildman–Crippen MR) is 212 cm³/mol. The van der Waals surface area contributed by atoms with Crippen molar-refractivity contribution in [2.24, 2.45) is 5.92 Å². The van der Waals surface area contributed by atoms with Crippen LogP contribution < -0.4 is 5.32 Å². The van der Waals surface area contributed by atoms with Gasteiger partial charge in [0.15, 0.2) is 9.84 Å². The Morgan fingerprint density at radius 1 is 0.839 bits per heavy atom. The molecule has 0 spiro atoms. The lowest BCUT2D eigenvalue weighted by atomic mass is 9.99. The number of pyridine rings is 2. The summed E-state index contributed by atoms with van der Waals surface area (Å²) in [6.45, 7) is 22.0. The van der Waals surface area contributed by atoms with E-state index in [1.54, 1.807) is 69.0 Å². The van der Waals surface area contributed by atoms with Gasteiger partial charge in [-0.2, -0.15) is 0 Å². The van der Waals surface area contributed by atoms with Gasteiger partial charge in [0.05, 0.1) is 58.8 Å². The average Bonchev–Trinajstić information content (AvgIpc) is 3.72. The third-order valence-electron chi connectivity index (χ3n) is 8.26. The predicted octanol–water partition coefficient (Wildman–Crippen LogP) is 7.70. The largest absolute Gasteiger partial charge is 0.478 e. The van der Waals surface area contributed by atoms with Crippen LogP contribution in [-0.4, -0.2) is 74.3 Å². The zero-order valence-electron chi connectivity index (χ0n) is 34.4. The summed E-state index contributed by atoms with van der Waals surface area (Å²) in [5.41, 5.74) is 3.24. The average molecular weight is 796 g/mol. The maximum Gasteiger partial charge on any atom is 0.411 e. The summed E-state index contributed by atoms with van der Waals surface area (Å²) in [7, 11) is -3.26. The van der Waals surface area contributed by atoms with E-state index < -0.39 is 39.2 Å². The van der Waals surface area contributed by atoms with Crippen LogP contribution in [0.25, 0.3) is 0 Å². The van der Waals surface area contributed by atoms with Crippen molar-refractivity contribution in [3.63, 3.8) is 0 Å². The van der Waals surface area contributed by atoms with Crippen LogP contribution in [-0.2, 0) is 45.5 Å². The SMILES string of the molecule is CC(C)(C)OC(=O)N1Cc2cc(C(=O)O)cnc2C1.CCC.CCS(=O)(=O)c1ccc(CNC(=O)c2cnc3c(c2)CN(C(=O)OC(C)(C)C)C3C(C)C)cc1. The Kier molecular flexibility index (Phi) is 15.2. The Balaban J connectivity index is 0.000000321. The highest BCUT2D eigenvalue weighted by Gasteiger charge is 2.39. The number of sulfone groups is 1. The fourth-order valence-corrected chi connectivity index (χ4v) is 6.62. The van der Waals surface area contributed by atoms with Crippen molar-refractivity contribution in [1.82, 2.24) is 25.1 Å². The number of carboxylic acid groups (broad SMARTS) is 1. The highest BCUT2D eigenvalue weighted by molar-refractivity contribution is 7.91. The number of nitrogens with one attached hydrogen (secondary N) is 1. The maximum absolute atomic E-state index is 12.8. The van der Waals surface area contributed by atoms with E-state index in [0.29, 0.717) is 25.2 Å². The Labute approximate surface area is 330 Å². The lowest BCUT2D eigenvalue weighted by Gasteiger charge is -2.30. The van der Waals surface area contributed by atoms with Crippen molar-refractivity contribution in [2.75, 3.05) is 5.75 Å². The molecule has 4 heterocycles. The van der Waals surface area contributed by atoms with Crippen LogP contribution in [0.2, 0.25) is 0 Å². The van der Waals surface area contributed by atoms with Crippen molar-refractivity contribution in [1.29, 1.82) is 0 Å². The Morgan fingerprint density at radius 3 is 1.93 bits per heavy atom. The molecule has 2 aliphatic heterocycles. The molecule has 0 radical (unpaired) electrons. The number of carbonyl (C=O) groups is 4. The minimum atomic E-state index is -3.26. The highest BCUT2D eigenvalue weighted by atomic mass is 32.2. The molecule has 2 N–H and O–H groups in total. The molecule has 3 amide bonds. The van der Waals surface area contributed by atoms with E-state index in [1.807, 2.05) is 34.6 Å². The van der Waals surface area contributed by atoms with Gasteiger partial charge in [0.2, 0.25) is 0 Å². The molecule has 0 bridgehead atoms. The van der Waals surface area contributed by atoms with E-state index in [-0.39, 0.29) is 40.6 Å². The molecule has 1 atom stereocenters. The van der Waals surface area contributed by atoms with Gasteiger partial charge in [0.1, 0.15) is 11.2 Å². The molecular formula is C41H57N5O9S. The first-order valence-corrected chi connectivity index (χ1v) is 20.4. The van der Waals surface area contributed by atoms with Crippen molar-refractivity contribution >= 4 is 33.9 Å². The van der Waals surface area contributed by atoms with Crippen LogP contribution in [0.15, 0.2) is 53.7 Å². The van der Waals surface area contributed by atoms with E-state index in [0.717, 1.165) is 28.1 Å². The molecule has 1 unspecified atom stereocenters. The first-order valence-electron chi connectivity index (χ1n) is 18.8. The van der Waals surface area contributed by atoms with Crippen LogP contribution in [0.1, 0.15) is 137 Å². The minimum absolute atomic E-state index is 0.0391. The van der Waals surface area contributed by atoms with Gasteiger partial charge in [-0.3, -0.25) is 24.6 Å². The van der Waals surface area contributed by atoms with E-state index in [4.69, 9.17) is 14.6 Å². The van der Waals surface area contributed by atoms with Gasteiger partial charge in [-0.1, -0.05) is 53.2 Å². The second-order valence-corrected chi connectivity index (χ2v) is 18.3. The second-order valence-electron chi connectivity index (χ2n) is 16.0. The van der Waals surface area contributed by atoms with Crippen LogP contribution in [0.3, 0.4) is 0 Å². The summed E-state index contributed by atoms with van der Waals surface area (Å²) in [6, 6.07) is 9.58. The number of aromatic carboxylic acids is 1. The molecule has 15 heteroatoms. The van der Waals surface area contributed by atoms with Gasteiger partial charge in [-0.05, 0) is 88.4 Å². The Morgan fingerprint density at radius 2 is 1.39 bits per heavy atom. The van der Waals surface area contributed by atoms with E-state index in [2.05, 4.69) is 29.1 Å². The number of fused-ring (bicyclic) bond motifs is 2. The number of amides is 3. The molecule has 0 aliphatic carbocycles. The molecular weight excluding hydrogens is 739 g/mol. The van der Waals surface area contributed by atoms with Crippen molar-refractivity contribution in [3.05, 3.63) is 88.0 Å². The number of benzene rings is 1. The maximum atomic E-state index is 12.8. The molecule has 306 valence electrons. The van der Waals surface area contributed by atoms with E-state index >= 15 is 0 Å². The topological polar surface area (TPSA) is 185 Å². The Hall–Kier alpha value is -5.05. The quantitative estimate of drug-likeness (QED) is 0.239. The summed E-state index contributed by atoms with van der Waals surface area (Å²) < 4.78 is 34.7. The number of carbonyl (C=O) groups excluding carboxylic acids is 3. The van der Waals surface area contributed by atoms with Gasteiger partial charge in [0.25, 0.3) is 5.91 Å². The van der Waals surface area contributed by atoms with Crippen LogP contribution in [0.4, 0.5) is 9.59 Å². The molecule has 0 saturated carbocycles. The summed E-state index contributed by atoms with van der Waals surface area (Å²) in [6.07, 6.45) is 3.27. The van der Waals surface area contributed by atoms with Gasteiger partial charge in [-0.25, -0.2) is 22.8 Å². The van der Waals surface area contributed by atoms with Gasteiger partial charge in [-0.15, -0.1) is 0 Å². The number of nitrogens with zero attached hydrogens (tertiary/aromatic N) is 4.